The Labute approximate surface area is 89.4 Å². The molecule has 0 saturated carbocycles. The van der Waals surface area contributed by atoms with Crippen LogP contribution in [0.4, 0.5) is 0 Å². The predicted molar refractivity (Wildman–Crippen MR) is 58.3 cm³/mol. The fourth-order valence-electron chi connectivity index (χ4n) is 1.43. The lowest BCUT2D eigenvalue weighted by Crippen LogP contribution is -1.86. The first kappa shape index (κ1) is 9.03. The Bertz CT molecular complexity index is 434. The Balaban J connectivity index is 3.02. The normalized spacial score (nSPS) is 11.1. The van der Waals surface area contributed by atoms with Crippen molar-refractivity contribution in [3.05, 3.63) is 26.8 Å². The third kappa shape index (κ3) is 1.18. The third-order valence-corrected chi connectivity index (χ3v) is 3.83. The molecule has 1 N–H and O–H groups in total. The van der Waals surface area contributed by atoms with E-state index in [2.05, 4.69) is 26.1 Å². The van der Waals surface area contributed by atoms with Crippen LogP contribution in [-0.4, -0.2) is 10.2 Å². The van der Waals surface area contributed by atoms with Crippen molar-refractivity contribution >= 4 is 38.4 Å². The van der Waals surface area contributed by atoms with Gasteiger partial charge in [0.15, 0.2) is 0 Å². The van der Waals surface area contributed by atoms with E-state index in [4.69, 9.17) is 11.6 Å². The van der Waals surface area contributed by atoms with Gasteiger partial charge in [-0.2, -0.15) is 5.10 Å². The zero-order chi connectivity index (χ0) is 9.59. The lowest BCUT2D eigenvalue weighted by atomic mass is 10.1. The monoisotopic (exact) mass is 258 g/mol. The maximum Gasteiger partial charge on any atom is 0.0705 e. The number of H-pyrrole nitrogens is 1. The molecule has 0 radical (unpaired) electrons. The second-order valence-corrected chi connectivity index (χ2v) is 4.21. The van der Waals surface area contributed by atoms with Crippen LogP contribution in [0.3, 0.4) is 0 Å². The molecule has 68 valence electrons. The number of aryl methyl sites for hydroxylation is 1. The van der Waals surface area contributed by atoms with Gasteiger partial charge in [0.2, 0.25) is 0 Å². The zero-order valence-electron chi connectivity index (χ0n) is 7.28. The van der Waals surface area contributed by atoms with Crippen molar-refractivity contribution in [2.24, 2.45) is 0 Å². The first-order valence-electron chi connectivity index (χ1n) is 3.90. The molecule has 1 aromatic heterocycles. The minimum atomic E-state index is 0.795. The average molecular weight is 260 g/mol. The molecule has 0 atom stereocenters. The van der Waals surface area contributed by atoms with E-state index in [9.17, 15) is 0 Å². The van der Waals surface area contributed by atoms with Crippen molar-refractivity contribution in [2.75, 3.05) is 0 Å². The maximum atomic E-state index is 6.14. The van der Waals surface area contributed by atoms with E-state index in [1.54, 1.807) is 6.20 Å². The second kappa shape index (κ2) is 3.00. The Kier molecular flexibility index (Phi) is 2.08. The number of nitrogens with one attached hydrogen (secondary N) is 1. The van der Waals surface area contributed by atoms with Gasteiger partial charge in [-0.3, -0.25) is 5.10 Å². The maximum absolute atomic E-state index is 6.14. The molecule has 0 bridgehead atoms. The Morgan fingerprint density at radius 3 is 2.77 bits per heavy atom. The highest BCUT2D eigenvalue weighted by atomic mass is 79.9. The van der Waals surface area contributed by atoms with Gasteiger partial charge in [0.05, 0.1) is 11.7 Å². The number of hydrogen-bond acceptors (Lipinski definition) is 1. The number of aromatic amines is 1. The summed E-state index contributed by atoms with van der Waals surface area (Å²) in [5, 5.41) is 8.80. The van der Waals surface area contributed by atoms with Crippen LogP contribution >= 0.6 is 27.5 Å². The van der Waals surface area contributed by atoms with Gasteiger partial charge in [0.1, 0.15) is 0 Å². The molecule has 4 heteroatoms. The first-order chi connectivity index (χ1) is 6.13. The highest BCUT2D eigenvalue weighted by molar-refractivity contribution is 9.10. The number of fused-ring (bicyclic) bond motifs is 1. The molecule has 0 saturated heterocycles. The minimum Gasteiger partial charge on any atom is -0.277 e. The molecular formula is C9H8BrClN2. The van der Waals surface area contributed by atoms with Crippen molar-refractivity contribution in [3.8, 4) is 0 Å². The minimum absolute atomic E-state index is 0.795. The van der Waals surface area contributed by atoms with E-state index >= 15 is 0 Å². The topological polar surface area (TPSA) is 28.7 Å². The zero-order valence-corrected chi connectivity index (χ0v) is 9.62. The number of aromatic nitrogens is 2. The standard InChI is InChI=1S/C9H8BrClN2/c1-4-7(10)6-3-12-13-9(6)5(2)8(4)11/h3H,1-2H3,(H,12,13). The van der Waals surface area contributed by atoms with E-state index in [0.29, 0.717) is 0 Å². The summed E-state index contributed by atoms with van der Waals surface area (Å²) in [6.07, 6.45) is 1.80. The van der Waals surface area contributed by atoms with Crippen LogP contribution in [0.1, 0.15) is 11.1 Å². The molecular weight excluding hydrogens is 251 g/mol. The van der Waals surface area contributed by atoms with Crippen LogP contribution in [0.15, 0.2) is 10.7 Å². The van der Waals surface area contributed by atoms with Crippen LogP contribution in [0.2, 0.25) is 5.02 Å². The fourth-order valence-corrected chi connectivity index (χ4v) is 2.23. The van der Waals surface area contributed by atoms with Crippen LogP contribution in [0.5, 0.6) is 0 Å². The van der Waals surface area contributed by atoms with E-state index in [1.807, 2.05) is 13.8 Å². The van der Waals surface area contributed by atoms with Crippen LogP contribution in [0.25, 0.3) is 10.9 Å². The van der Waals surface area contributed by atoms with Crippen molar-refractivity contribution in [1.82, 2.24) is 10.2 Å². The van der Waals surface area contributed by atoms with Gasteiger partial charge in [-0.05, 0) is 40.9 Å². The van der Waals surface area contributed by atoms with E-state index in [0.717, 1.165) is 31.5 Å². The SMILES string of the molecule is Cc1c(Cl)c(C)c2[nH]ncc2c1Br. The molecule has 1 aromatic carbocycles. The summed E-state index contributed by atoms with van der Waals surface area (Å²) in [7, 11) is 0. The summed E-state index contributed by atoms with van der Waals surface area (Å²) >= 11 is 9.64. The quantitative estimate of drug-likeness (QED) is 0.769. The lowest BCUT2D eigenvalue weighted by Gasteiger charge is -2.06. The van der Waals surface area contributed by atoms with Gasteiger partial charge >= 0.3 is 0 Å². The van der Waals surface area contributed by atoms with E-state index < -0.39 is 0 Å². The lowest BCUT2D eigenvalue weighted by molar-refractivity contribution is 1.11. The average Bonchev–Trinajstić information content (AvgIpc) is 2.59. The molecule has 1 heterocycles. The molecule has 0 aliphatic heterocycles. The Morgan fingerprint density at radius 2 is 2.08 bits per heavy atom. The van der Waals surface area contributed by atoms with Crippen molar-refractivity contribution in [2.45, 2.75) is 13.8 Å². The van der Waals surface area contributed by atoms with E-state index in [-0.39, 0.29) is 0 Å². The third-order valence-electron chi connectivity index (χ3n) is 2.24. The summed E-state index contributed by atoms with van der Waals surface area (Å²) in [5.74, 6) is 0. The van der Waals surface area contributed by atoms with Crippen LogP contribution < -0.4 is 0 Å². The number of benzene rings is 1. The summed E-state index contributed by atoms with van der Waals surface area (Å²) < 4.78 is 1.02. The smallest absolute Gasteiger partial charge is 0.0705 e. The summed E-state index contributed by atoms with van der Waals surface area (Å²) in [6.45, 7) is 3.98. The largest absolute Gasteiger partial charge is 0.277 e. The number of hydrogen-bond donors (Lipinski definition) is 1. The summed E-state index contributed by atoms with van der Waals surface area (Å²) in [5.41, 5.74) is 3.12. The van der Waals surface area contributed by atoms with Crippen molar-refractivity contribution in [3.63, 3.8) is 0 Å². The van der Waals surface area contributed by atoms with Crippen LogP contribution in [0, 0.1) is 13.8 Å². The number of nitrogens with zero attached hydrogens (tertiary/aromatic N) is 1. The number of rotatable bonds is 0. The molecule has 2 rings (SSSR count). The molecule has 0 aliphatic rings. The van der Waals surface area contributed by atoms with Gasteiger partial charge < -0.3 is 0 Å². The molecule has 2 aromatic rings. The van der Waals surface area contributed by atoms with Gasteiger partial charge in [0, 0.05) is 14.9 Å². The van der Waals surface area contributed by atoms with Crippen molar-refractivity contribution < 1.29 is 0 Å². The highest BCUT2D eigenvalue weighted by Gasteiger charge is 2.11. The second-order valence-electron chi connectivity index (χ2n) is 3.04. The molecule has 0 spiro atoms. The summed E-state index contributed by atoms with van der Waals surface area (Å²) in [6, 6.07) is 0. The van der Waals surface area contributed by atoms with Gasteiger partial charge in [0.25, 0.3) is 0 Å². The molecule has 0 unspecified atom stereocenters. The first-order valence-corrected chi connectivity index (χ1v) is 5.07. The molecule has 2 nitrogen and oxygen atoms in total. The molecule has 0 aliphatic carbocycles. The fraction of sp³-hybridized carbons (Fsp3) is 0.222. The molecule has 0 amide bonds. The van der Waals surface area contributed by atoms with Gasteiger partial charge in [-0.15, -0.1) is 0 Å². The highest BCUT2D eigenvalue weighted by Crippen LogP contribution is 2.34. The molecule has 0 fully saturated rings. The van der Waals surface area contributed by atoms with E-state index in [1.165, 1.54) is 0 Å². The summed E-state index contributed by atoms with van der Waals surface area (Å²) in [4.78, 5) is 0. The van der Waals surface area contributed by atoms with Crippen molar-refractivity contribution in [1.29, 1.82) is 0 Å². The Morgan fingerprint density at radius 1 is 1.38 bits per heavy atom. The van der Waals surface area contributed by atoms with Gasteiger partial charge in [-0.1, -0.05) is 11.6 Å². The molecule has 13 heavy (non-hydrogen) atoms. The van der Waals surface area contributed by atoms with Crippen LogP contribution in [-0.2, 0) is 0 Å². The predicted octanol–water partition coefficient (Wildman–Crippen LogP) is 3.60. The Hall–Kier alpha value is -0.540. The van der Waals surface area contributed by atoms with Gasteiger partial charge in [-0.25, -0.2) is 0 Å². The number of halogens is 2.